The van der Waals surface area contributed by atoms with Gasteiger partial charge in [0.15, 0.2) is 0 Å². The van der Waals surface area contributed by atoms with Crippen molar-refractivity contribution in [2.45, 2.75) is 18.4 Å². The fourth-order valence-electron chi connectivity index (χ4n) is 1.89. The van der Waals surface area contributed by atoms with Crippen LogP contribution in [0.4, 0.5) is 5.69 Å². The van der Waals surface area contributed by atoms with Crippen LogP contribution in [-0.4, -0.2) is 18.3 Å². The van der Waals surface area contributed by atoms with Crippen molar-refractivity contribution in [3.05, 3.63) is 47.8 Å². The standard InChI is InChI=1S/C15H18N2OS/c1-11-8-13(18-2)9-12(17-11)10-16-14-6-4-5-7-15(14)19-3/h4-9,16H,10H2,1-3H3. The molecule has 1 aromatic heterocycles. The average Bonchev–Trinajstić information content (AvgIpc) is 2.44. The molecule has 0 bridgehead atoms. The zero-order chi connectivity index (χ0) is 13.7. The summed E-state index contributed by atoms with van der Waals surface area (Å²) in [6.07, 6.45) is 2.08. The third-order valence-corrected chi connectivity index (χ3v) is 3.58. The van der Waals surface area contributed by atoms with Crippen molar-refractivity contribution in [3.8, 4) is 5.75 Å². The first-order valence-electron chi connectivity index (χ1n) is 6.11. The van der Waals surface area contributed by atoms with E-state index in [1.807, 2.05) is 31.2 Å². The van der Waals surface area contributed by atoms with Crippen molar-refractivity contribution in [1.82, 2.24) is 4.98 Å². The first-order valence-corrected chi connectivity index (χ1v) is 7.34. The highest BCUT2D eigenvalue weighted by atomic mass is 32.2. The van der Waals surface area contributed by atoms with Gasteiger partial charge in [0.25, 0.3) is 0 Å². The number of methoxy groups -OCH3 is 1. The van der Waals surface area contributed by atoms with E-state index in [0.29, 0.717) is 6.54 Å². The second-order valence-electron chi connectivity index (χ2n) is 4.19. The van der Waals surface area contributed by atoms with Crippen LogP contribution in [0.15, 0.2) is 41.3 Å². The van der Waals surface area contributed by atoms with E-state index in [2.05, 4.69) is 28.7 Å². The van der Waals surface area contributed by atoms with Gasteiger partial charge in [0.1, 0.15) is 5.75 Å². The highest BCUT2D eigenvalue weighted by Gasteiger charge is 2.03. The zero-order valence-corrected chi connectivity index (χ0v) is 12.3. The molecule has 3 nitrogen and oxygen atoms in total. The van der Waals surface area contributed by atoms with Gasteiger partial charge >= 0.3 is 0 Å². The number of aromatic nitrogens is 1. The maximum Gasteiger partial charge on any atom is 0.122 e. The lowest BCUT2D eigenvalue weighted by molar-refractivity contribution is 0.413. The summed E-state index contributed by atoms with van der Waals surface area (Å²) in [6.45, 7) is 2.66. The van der Waals surface area contributed by atoms with Crippen molar-refractivity contribution >= 4 is 17.4 Å². The molecule has 0 unspecified atom stereocenters. The summed E-state index contributed by atoms with van der Waals surface area (Å²) in [5.41, 5.74) is 3.08. The number of benzene rings is 1. The van der Waals surface area contributed by atoms with Crippen molar-refractivity contribution in [3.63, 3.8) is 0 Å². The summed E-state index contributed by atoms with van der Waals surface area (Å²) in [4.78, 5) is 5.74. The Balaban J connectivity index is 2.12. The Morgan fingerprint density at radius 1 is 1.26 bits per heavy atom. The number of pyridine rings is 1. The Morgan fingerprint density at radius 3 is 2.79 bits per heavy atom. The topological polar surface area (TPSA) is 34.1 Å². The Bertz CT molecular complexity index is 558. The number of thioether (sulfide) groups is 1. The van der Waals surface area contributed by atoms with Crippen LogP contribution in [0.1, 0.15) is 11.4 Å². The molecule has 0 amide bonds. The molecule has 4 heteroatoms. The number of anilines is 1. The lowest BCUT2D eigenvalue weighted by Gasteiger charge is -2.11. The number of hydrogen-bond donors (Lipinski definition) is 1. The smallest absolute Gasteiger partial charge is 0.122 e. The lowest BCUT2D eigenvalue weighted by Crippen LogP contribution is -2.04. The molecule has 2 rings (SSSR count). The quantitative estimate of drug-likeness (QED) is 0.842. The van der Waals surface area contributed by atoms with Crippen LogP contribution in [0.3, 0.4) is 0 Å². The SMILES string of the molecule is COc1cc(C)nc(CNc2ccccc2SC)c1. The molecule has 0 radical (unpaired) electrons. The van der Waals surface area contributed by atoms with Gasteiger partial charge in [-0.25, -0.2) is 0 Å². The molecule has 0 fully saturated rings. The number of para-hydroxylation sites is 1. The van der Waals surface area contributed by atoms with Crippen molar-refractivity contribution in [1.29, 1.82) is 0 Å². The minimum Gasteiger partial charge on any atom is -0.497 e. The van der Waals surface area contributed by atoms with Crippen LogP contribution in [0.5, 0.6) is 5.75 Å². The molecular weight excluding hydrogens is 256 g/mol. The van der Waals surface area contributed by atoms with Gasteiger partial charge in [-0.1, -0.05) is 12.1 Å². The largest absolute Gasteiger partial charge is 0.497 e. The van der Waals surface area contributed by atoms with Crippen LogP contribution < -0.4 is 10.1 Å². The van der Waals surface area contributed by atoms with Gasteiger partial charge in [0, 0.05) is 28.4 Å². The summed E-state index contributed by atoms with van der Waals surface area (Å²) in [5, 5.41) is 3.42. The van der Waals surface area contributed by atoms with E-state index in [0.717, 1.165) is 22.8 Å². The Kier molecular flexibility index (Phi) is 4.68. The number of nitrogens with one attached hydrogen (secondary N) is 1. The average molecular weight is 274 g/mol. The Morgan fingerprint density at radius 2 is 2.05 bits per heavy atom. The molecule has 0 saturated carbocycles. The summed E-state index contributed by atoms with van der Waals surface area (Å²) < 4.78 is 5.26. The molecule has 0 spiro atoms. The van der Waals surface area contributed by atoms with E-state index in [4.69, 9.17) is 4.74 Å². The van der Waals surface area contributed by atoms with E-state index in [1.165, 1.54) is 4.90 Å². The molecule has 0 aliphatic carbocycles. The van der Waals surface area contributed by atoms with E-state index in [9.17, 15) is 0 Å². The van der Waals surface area contributed by atoms with Gasteiger partial charge in [-0.2, -0.15) is 0 Å². The molecule has 1 N–H and O–H groups in total. The third kappa shape index (κ3) is 3.64. The molecule has 0 saturated heterocycles. The zero-order valence-electron chi connectivity index (χ0n) is 11.4. The third-order valence-electron chi connectivity index (χ3n) is 2.78. The molecule has 0 aliphatic rings. The Labute approximate surface area is 118 Å². The van der Waals surface area contributed by atoms with E-state index in [-0.39, 0.29) is 0 Å². The molecule has 19 heavy (non-hydrogen) atoms. The molecule has 1 heterocycles. The van der Waals surface area contributed by atoms with Crippen LogP contribution in [-0.2, 0) is 6.54 Å². The highest BCUT2D eigenvalue weighted by Crippen LogP contribution is 2.25. The minimum absolute atomic E-state index is 0.690. The predicted octanol–water partition coefficient (Wildman–Crippen LogP) is 3.73. The summed E-state index contributed by atoms with van der Waals surface area (Å²) in [5.74, 6) is 0.849. The van der Waals surface area contributed by atoms with Crippen LogP contribution in [0.25, 0.3) is 0 Å². The van der Waals surface area contributed by atoms with E-state index in [1.54, 1.807) is 18.9 Å². The molecule has 1 aromatic carbocycles. The number of aryl methyl sites for hydroxylation is 1. The molecular formula is C15H18N2OS. The van der Waals surface area contributed by atoms with Crippen molar-refractivity contribution < 1.29 is 4.74 Å². The summed E-state index contributed by atoms with van der Waals surface area (Å²) in [7, 11) is 1.68. The van der Waals surface area contributed by atoms with Crippen LogP contribution in [0, 0.1) is 6.92 Å². The van der Waals surface area contributed by atoms with Crippen molar-refractivity contribution in [2.24, 2.45) is 0 Å². The lowest BCUT2D eigenvalue weighted by atomic mass is 10.2. The van der Waals surface area contributed by atoms with E-state index < -0.39 is 0 Å². The molecule has 0 aliphatic heterocycles. The number of ether oxygens (including phenoxy) is 1. The second-order valence-corrected chi connectivity index (χ2v) is 5.04. The van der Waals surface area contributed by atoms with Gasteiger partial charge in [0.05, 0.1) is 19.3 Å². The van der Waals surface area contributed by atoms with Gasteiger partial charge < -0.3 is 10.1 Å². The molecule has 0 atom stereocenters. The van der Waals surface area contributed by atoms with Gasteiger partial charge in [-0.3, -0.25) is 4.98 Å². The maximum absolute atomic E-state index is 5.26. The number of hydrogen-bond acceptors (Lipinski definition) is 4. The van der Waals surface area contributed by atoms with Crippen molar-refractivity contribution in [2.75, 3.05) is 18.7 Å². The number of rotatable bonds is 5. The van der Waals surface area contributed by atoms with Gasteiger partial charge in [0.2, 0.25) is 0 Å². The first-order chi connectivity index (χ1) is 9.22. The molecule has 100 valence electrons. The fourth-order valence-corrected chi connectivity index (χ4v) is 2.46. The Hall–Kier alpha value is -1.68. The van der Waals surface area contributed by atoms with Crippen LogP contribution >= 0.6 is 11.8 Å². The summed E-state index contributed by atoms with van der Waals surface area (Å²) >= 11 is 1.73. The van der Waals surface area contributed by atoms with Crippen LogP contribution in [0.2, 0.25) is 0 Å². The maximum atomic E-state index is 5.26. The highest BCUT2D eigenvalue weighted by molar-refractivity contribution is 7.98. The molecule has 2 aromatic rings. The monoisotopic (exact) mass is 274 g/mol. The number of nitrogens with zero attached hydrogens (tertiary/aromatic N) is 1. The van der Waals surface area contributed by atoms with Gasteiger partial charge in [-0.05, 0) is 25.3 Å². The summed E-state index contributed by atoms with van der Waals surface area (Å²) in [6, 6.07) is 12.2. The first kappa shape index (κ1) is 13.7. The predicted molar refractivity (Wildman–Crippen MR) is 81.1 cm³/mol. The minimum atomic E-state index is 0.690. The van der Waals surface area contributed by atoms with Gasteiger partial charge in [-0.15, -0.1) is 11.8 Å². The normalized spacial score (nSPS) is 10.3. The van der Waals surface area contributed by atoms with E-state index >= 15 is 0 Å². The fraction of sp³-hybridized carbons (Fsp3) is 0.267. The second kappa shape index (κ2) is 6.48.